The minimum atomic E-state index is 0.570. The molecule has 1 aliphatic rings. The van der Waals surface area contributed by atoms with Crippen molar-refractivity contribution in [2.45, 2.75) is 45.1 Å². The summed E-state index contributed by atoms with van der Waals surface area (Å²) >= 11 is 0. The van der Waals surface area contributed by atoms with Crippen LogP contribution < -0.4 is 5.73 Å². The number of likely N-dealkylation sites (tertiary alicyclic amines) is 1. The Morgan fingerprint density at radius 1 is 1.47 bits per heavy atom. The van der Waals surface area contributed by atoms with E-state index in [4.69, 9.17) is 11.0 Å². The van der Waals surface area contributed by atoms with Crippen molar-refractivity contribution in [2.24, 2.45) is 11.7 Å². The van der Waals surface area contributed by atoms with Gasteiger partial charge in [-0.1, -0.05) is 6.92 Å². The molecule has 0 aromatic heterocycles. The number of nitrogens with two attached hydrogens (primary N) is 1. The van der Waals surface area contributed by atoms with Crippen molar-refractivity contribution in [1.29, 1.82) is 5.26 Å². The lowest BCUT2D eigenvalue weighted by molar-refractivity contribution is 0.105. The summed E-state index contributed by atoms with van der Waals surface area (Å²) in [6, 6.07) is 2.77. The molecule has 1 heterocycles. The van der Waals surface area contributed by atoms with Crippen molar-refractivity contribution in [3.63, 3.8) is 0 Å². The molecule has 0 aliphatic carbocycles. The molecule has 2 atom stereocenters. The molecular formula is C12H23N3. The van der Waals surface area contributed by atoms with Crippen LogP contribution in [0.2, 0.25) is 0 Å². The number of unbranched alkanes of at least 4 members (excludes halogenated alkanes) is 2. The zero-order valence-corrected chi connectivity index (χ0v) is 9.78. The van der Waals surface area contributed by atoms with Gasteiger partial charge in [-0.15, -0.1) is 0 Å². The van der Waals surface area contributed by atoms with Gasteiger partial charge in [0.1, 0.15) is 0 Å². The van der Waals surface area contributed by atoms with Gasteiger partial charge in [0, 0.05) is 19.0 Å². The maximum absolute atomic E-state index is 8.46. The number of nitrogens with zero attached hydrogens (tertiary/aromatic N) is 2. The summed E-state index contributed by atoms with van der Waals surface area (Å²) in [5.41, 5.74) is 5.82. The third-order valence-corrected chi connectivity index (χ3v) is 3.46. The molecule has 0 radical (unpaired) electrons. The molecule has 0 bridgehead atoms. The van der Waals surface area contributed by atoms with Crippen LogP contribution in [0.15, 0.2) is 0 Å². The summed E-state index contributed by atoms with van der Waals surface area (Å²) < 4.78 is 0. The first-order chi connectivity index (χ1) is 7.29. The number of nitriles is 1. The first kappa shape index (κ1) is 12.5. The van der Waals surface area contributed by atoms with Crippen molar-refractivity contribution in [3.8, 4) is 6.07 Å². The highest BCUT2D eigenvalue weighted by Gasteiger charge is 2.26. The van der Waals surface area contributed by atoms with Crippen LogP contribution in [0, 0.1) is 17.2 Å². The van der Waals surface area contributed by atoms with Gasteiger partial charge in [0.15, 0.2) is 0 Å². The fraction of sp³-hybridized carbons (Fsp3) is 0.917. The highest BCUT2D eigenvalue weighted by atomic mass is 15.2. The molecule has 0 aromatic rings. The lowest BCUT2D eigenvalue weighted by atomic mass is 9.90. The summed E-state index contributed by atoms with van der Waals surface area (Å²) in [6.07, 6.45) is 5.47. The topological polar surface area (TPSA) is 53.0 Å². The molecule has 2 N–H and O–H groups in total. The van der Waals surface area contributed by atoms with Crippen LogP contribution in [-0.2, 0) is 0 Å². The van der Waals surface area contributed by atoms with Gasteiger partial charge < -0.3 is 5.73 Å². The van der Waals surface area contributed by atoms with Crippen LogP contribution in [-0.4, -0.2) is 30.6 Å². The van der Waals surface area contributed by atoms with Crippen LogP contribution in [0.1, 0.15) is 39.0 Å². The summed E-state index contributed by atoms with van der Waals surface area (Å²) in [5.74, 6) is 0.736. The SMILES string of the molecule is CC1CCCN(CCCCC#N)C1CN. The maximum Gasteiger partial charge on any atom is 0.0621 e. The van der Waals surface area contributed by atoms with Crippen molar-refractivity contribution in [1.82, 2.24) is 4.90 Å². The summed E-state index contributed by atoms with van der Waals surface area (Å²) in [4.78, 5) is 2.52. The largest absolute Gasteiger partial charge is 0.329 e. The number of hydrogen-bond acceptors (Lipinski definition) is 3. The Hall–Kier alpha value is -0.590. The van der Waals surface area contributed by atoms with Crippen molar-refractivity contribution in [3.05, 3.63) is 0 Å². The molecule has 15 heavy (non-hydrogen) atoms. The van der Waals surface area contributed by atoms with Gasteiger partial charge in [0.05, 0.1) is 6.07 Å². The van der Waals surface area contributed by atoms with E-state index in [-0.39, 0.29) is 0 Å². The normalized spacial score (nSPS) is 27.5. The summed E-state index contributed by atoms with van der Waals surface area (Å²) in [6.45, 7) is 5.39. The molecule has 0 saturated carbocycles. The van der Waals surface area contributed by atoms with Gasteiger partial charge in [0.25, 0.3) is 0 Å². The fourth-order valence-electron chi connectivity index (χ4n) is 2.51. The molecule has 0 aromatic carbocycles. The van der Waals surface area contributed by atoms with Crippen molar-refractivity contribution in [2.75, 3.05) is 19.6 Å². The monoisotopic (exact) mass is 209 g/mol. The highest BCUT2D eigenvalue weighted by molar-refractivity contribution is 4.82. The quantitative estimate of drug-likeness (QED) is 0.702. The third-order valence-electron chi connectivity index (χ3n) is 3.46. The zero-order valence-electron chi connectivity index (χ0n) is 9.78. The molecule has 0 amide bonds. The Balaban J connectivity index is 2.28. The first-order valence-electron chi connectivity index (χ1n) is 6.10. The number of piperidine rings is 1. The Labute approximate surface area is 93.2 Å². The van der Waals surface area contributed by atoms with Crippen LogP contribution in [0.3, 0.4) is 0 Å². The molecule has 1 fully saturated rings. The minimum Gasteiger partial charge on any atom is -0.329 e. The highest BCUT2D eigenvalue weighted by Crippen LogP contribution is 2.22. The molecule has 3 heteroatoms. The Morgan fingerprint density at radius 3 is 2.93 bits per heavy atom. The van der Waals surface area contributed by atoms with Gasteiger partial charge in [-0.2, -0.15) is 5.26 Å². The van der Waals surface area contributed by atoms with Crippen LogP contribution in [0.4, 0.5) is 0 Å². The van der Waals surface area contributed by atoms with Gasteiger partial charge >= 0.3 is 0 Å². The average molecular weight is 209 g/mol. The number of rotatable bonds is 5. The minimum absolute atomic E-state index is 0.570. The molecule has 0 spiro atoms. The third kappa shape index (κ3) is 3.81. The van der Waals surface area contributed by atoms with Crippen molar-refractivity contribution >= 4 is 0 Å². The van der Waals surface area contributed by atoms with E-state index in [9.17, 15) is 0 Å². The van der Waals surface area contributed by atoms with E-state index in [0.29, 0.717) is 12.5 Å². The van der Waals surface area contributed by atoms with Crippen LogP contribution in [0.5, 0.6) is 0 Å². The first-order valence-corrected chi connectivity index (χ1v) is 6.10. The van der Waals surface area contributed by atoms with Crippen LogP contribution in [0.25, 0.3) is 0 Å². The smallest absolute Gasteiger partial charge is 0.0621 e. The average Bonchev–Trinajstić information content (AvgIpc) is 2.24. The maximum atomic E-state index is 8.46. The summed E-state index contributed by atoms with van der Waals surface area (Å²) in [5, 5.41) is 8.46. The zero-order chi connectivity index (χ0) is 11.1. The lowest BCUT2D eigenvalue weighted by Crippen LogP contribution is -2.48. The van der Waals surface area contributed by atoms with Gasteiger partial charge in [-0.25, -0.2) is 0 Å². The van der Waals surface area contributed by atoms with Gasteiger partial charge in [-0.3, -0.25) is 4.90 Å². The predicted octanol–water partition coefficient (Wildman–Crippen LogP) is 1.74. The molecular weight excluding hydrogens is 186 g/mol. The molecule has 3 nitrogen and oxygen atoms in total. The molecule has 1 rings (SSSR count). The molecule has 1 saturated heterocycles. The molecule has 2 unspecified atom stereocenters. The van der Waals surface area contributed by atoms with E-state index < -0.39 is 0 Å². The van der Waals surface area contributed by atoms with Gasteiger partial charge in [0.2, 0.25) is 0 Å². The fourth-order valence-corrected chi connectivity index (χ4v) is 2.51. The van der Waals surface area contributed by atoms with E-state index >= 15 is 0 Å². The van der Waals surface area contributed by atoms with Crippen molar-refractivity contribution < 1.29 is 0 Å². The summed E-state index contributed by atoms with van der Waals surface area (Å²) in [7, 11) is 0. The molecule has 1 aliphatic heterocycles. The van der Waals surface area contributed by atoms with E-state index in [1.165, 1.54) is 19.4 Å². The van der Waals surface area contributed by atoms with E-state index in [0.717, 1.165) is 31.8 Å². The van der Waals surface area contributed by atoms with E-state index in [1.54, 1.807) is 0 Å². The predicted molar refractivity (Wildman–Crippen MR) is 62.3 cm³/mol. The second kappa shape index (κ2) is 6.81. The number of hydrogen-bond donors (Lipinski definition) is 1. The Bertz CT molecular complexity index is 209. The lowest BCUT2D eigenvalue weighted by Gasteiger charge is -2.39. The van der Waals surface area contributed by atoms with Gasteiger partial charge in [-0.05, 0) is 44.7 Å². The van der Waals surface area contributed by atoms with E-state index in [2.05, 4.69) is 17.9 Å². The second-order valence-electron chi connectivity index (χ2n) is 4.57. The second-order valence-corrected chi connectivity index (χ2v) is 4.57. The Kier molecular flexibility index (Phi) is 5.67. The Morgan fingerprint density at radius 2 is 2.27 bits per heavy atom. The van der Waals surface area contributed by atoms with Crippen LogP contribution >= 0.6 is 0 Å². The standard InChI is InChI=1S/C12H23N3/c1-11-6-5-9-15(12(11)10-14)8-4-2-3-7-13/h11-12H,2-6,8-10,14H2,1H3. The molecule has 86 valence electrons. The van der Waals surface area contributed by atoms with E-state index in [1.807, 2.05) is 0 Å².